The van der Waals surface area contributed by atoms with E-state index in [1.54, 1.807) is 0 Å². The van der Waals surface area contributed by atoms with E-state index >= 15 is 0 Å². The highest BCUT2D eigenvalue weighted by atomic mass is 15.2. The van der Waals surface area contributed by atoms with Crippen LogP contribution in [0.25, 0.3) is 51.0 Å². The van der Waals surface area contributed by atoms with Gasteiger partial charge in [0.05, 0.1) is 0 Å². The van der Waals surface area contributed by atoms with Crippen LogP contribution in [0.3, 0.4) is 0 Å². The van der Waals surface area contributed by atoms with Gasteiger partial charge in [0.15, 0.2) is 17.5 Å². The van der Waals surface area contributed by atoms with Gasteiger partial charge in [0.2, 0.25) is 0 Å². The summed E-state index contributed by atoms with van der Waals surface area (Å²) in [6, 6.07) is 46.2. The summed E-state index contributed by atoms with van der Waals surface area (Å²) in [5.41, 5.74) is 9.95. The molecule has 0 amide bonds. The predicted octanol–water partition coefficient (Wildman–Crippen LogP) is 8.12. The summed E-state index contributed by atoms with van der Waals surface area (Å²) in [4.78, 5) is 17.4. The average molecular weight is 613 g/mol. The lowest BCUT2D eigenvalue weighted by Gasteiger charge is -2.48. The van der Waals surface area contributed by atoms with Crippen LogP contribution in [-0.2, 0) is 0 Å². The van der Waals surface area contributed by atoms with Crippen molar-refractivity contribution in [2.45, 2.75) is 0 Å². The fraction of sp³-hybridized carbons (Fsp3) is 0. The van der Waals surface area contributed by atoms with Crippen molar-refractivity contribution in [3.63, 3.8) is 0 Å². The first-order valence-electron chi connectivity index (χ1n) is 16.3. The zero-order chi connectivity index (χ0) is 31.9. The number of benzene rings is 5. The molecule has 0 unspecified atom stereocenters. The van der Waals surface area contributed by atoms with Crippen LogP contribution in [0.5, 0.6) is 0 Å². The van der Waals surface area contributed by atoms with E-state index in [1.165, 1.54) is 16.8 Å². The minimum atomic E-state index is 0.0415. The van der Waals surface area contributed by atoms with E-state index < -0.39 is 0 Å². The molecule has 0 radical (unpaired) electrons. The van der Waals surface area contributed by atoms with Crippen LogP contribution in [-0.4, -0.2) is 33.5 Å². The maximum absolute atomic E-state index is 5.04. The molecule has 1 aromatic heterocycles. The van der Waals surface area contributed by atoms with E-state index in [0.717, 1.165) is 33.4 Å². The Bertz CT molecular complexity index is 2210. The number of allylic oxidation sites excluding steroid dienone is 4. The standard InChI is InChI=1S/C41H29B2N5/c1-4-15-30(16-5-1)35-29-33(41-45-39(31-17-6-2-7-18-31)44-40(46-41)32-19-8-3-9-20-32)24-25-34(35)37-23-14-26-42-36-21-10-11-22-38(36)47-28-13-12-27-43(47)48(37)42/h1-29H. The zero-order valence-electron chi connectivity index (χ0n) is 26.1. The van der Waals surface area contributed by atoms with Crippen LogP contribution in [0, 0.1) is 0 Å². The Balaban J connectivity index is 1.21. The molecular formula is C41H29B2N5. The van der Waals surface area contributed by atoms with Gasteiger partial charge >= 0.3 is 13.8 Å². The van der Waals surface area contributed by atoms with Gasteiger partial charge in [-0.15, -0.1) is 0 Å². The number of rotatable bonds is 5. The molecule has 9 rings (SSSR count). The molecule has 3 aliphatic heterocycles. The third-order valence-corrected chi connectivity index (χ3v) is 9.21. The number of hydrogen-bond donors (Lipinski definition) is 0. The number of hydrogen-bond acceptors (Lipinski definition) is 5. The molecule has 5 aromatic carbocycles. The van der Waals surface area contributed by atoms with Gasteiger partial charge in [-0.25, -0.2) is 15.0 Å². The highest BCUT2D eigenvalue weighted by Crippen LogP contribution is 2.39. The molecule has 0 saturated heterocycles. The summed E-state index contributed by atoms with van der Waals surface area (Å²) in [5, 5.41) is 0. The van der Waals surface area contributed by atoms with Gasteiger partial charge in [0, 0.05) is 33.6 Å². The number of para-hydroxylation sites is 1. The second-order valence-electron chi connectivity index (χ2n) is 12.1. The van der Waals surface area contributed by atoms with Crippen molar-refractivity contribution in [1.82, 2.24) is 19.7 Å². The molecule has 4 heterocycles. The molecule has 0 saturated carbocycles. The van der Waals surface area contributed by atoms with Gasteiger partial charge in [-0.2, -0.15) is 0 Å². The van der Waals surface area contributed by atoms with E-state index in [0.29, 0.717) is 17.5 Å². The highest BCUT2D eigenvalue weighted by Gasteiger charge is 2.44. The highest BCUT2D eigenvalue weighted by molar-refractivity contribution is 6.91. The minimum Gasteiger partial charge on any atom is -0.430 e. The first-order chi connectivity index (χ1) is 23.8. The Morgan fingerprint density at radius 1 is 0.479 bits per heavy atom. The molecule has 0 aliphatic carbocycles. The van der Waals surface area contributed by atoms with Gasteiger partial charge in [-0.1, -0.05) is 145 Å². The number of anilines is 1. The molecule has 7 heteroatoms. The molecule has 3 aliphatic rings. The smallest absolute Gasteiger partial charge is 0.395 e. The van der Waals surface area contributed by atoms with Crippen LogP contribution >= 0.6 is 0 Å². The van der Waals surface area contributed by atoms with Crippen molar-refractivity contribution >= 4 is 30.7 Å². The van der Waals surface area contributed by atoms with Crippen molar-refractivity contribution < 1.29 is 0 Å². The minimum absolute atomic E-state index is 0.0415. The number of fused-ring (bicyclic) bond motifs is 6. The van der Waals surface area contributed by atoms with Gasteiger partial charge < -0.3 is 9.53 Å². The predicted molar refractivity (Wildman–Crippen MR) is 199 cm³/mol. The number of aromatic nitrogens is 3. The van der Waals surface area contributed by atoms with Crippen molar-refractivity contribution in [1.29, 1.82) is 0 Å². The fourth-order valence-corrected chi connectivity index (χ4v) is 6.98. The first kappa shape index (κ1) is 28.1. The van der Waals surface area contributed by atoms with E-state index in [9.17, 15) is 0 Å². The third-order valence-electron chi connectivity index (χ3n) is 9.21. The van der Waals surface area contributed by atoms with Gasteiger partial charge in [-0.3, -0.25) is 0 Å². The maximum atomic E-state index is 5.04. The lowest BCUT2D eigenvalue weighted by atomic mass is 9.42. The van der Waals surface area contributed by atoms with Crippen molar-refractivity contribution in [3.05, 3.63) is 181 Å². The van der Waals surface area contributed by atoms with Crippen molar-refractivity contribution in [2.75, 3.05) is 4.81 Å². The Morgan fingerprint density at radius 2 is 1.08 bits per heavy atom. The molecular weight excluding hydrogens is 584 g/mol. The lowest BCUT2D eigenvalue weighted by Crippen LogP contribution is -2.65. The maximum Gasteiger partial charge on any atom is 0.395 e. The summed E-state index contributed by atoms with van der Waals surface area (Å²) >= 11 is 0. The first-order valence-corrected chi connectivity index (χ1v) is 16.3. The van der Waals surface area contributed by atoms with Crippen LogP contribution in [0.15, 0.2) is 176 Å². The Hall–Kier alpha value is -6.20. The summed E-state index contributed by atoms with van der Waals surface area (Å²) in [6.45, 7) is 0.145. The molecule has 6 aromatic rings. The molecule has 0 spiro atoms. The van der Waals surface area contributed by atoms with Gasteiger partial charge in [0.1, 0.15) is 0 Å². The SMILES string of the molecule is C1=CB2c3ccccc3N3C=CC=CB3N2C(c2ccc(-c3nc(-c4ccccc4)nc(-c4ccccc4)n3)cc2-c2ccccc2)=C1. The molecule has 48 heavy (non-hydrogen) atoms. The monoisotopic (exact) mass is 613 g/mol. The molecule has 0 N–H and O–H groups in total. The quantitative estimate of drug-likeness (QED) is 0.184. The second kappa shape index (κ2) is 11.9. The fourth-order valence-electron chi connectivity index (χ4n) is 6.98. The van der Waals surface area contributed by atoms with E-state index in [2.05, 4.69) is 125 Å². The van der Waals surface area contributed by atoms with Crippen molar-refractivity contribution in [2.24, 2.45) is 0 Å². The van der Waals surface area contributed by atoms with Crippen LogP contribution in [0.1, 0.15) is 5.56 Å². The molecule has 5 nitrogen and oxygen atoms in total. The molecule has 0 atom stereocenters. The van der Waals surface area contributed by atoms with Crippen LogP contribution in [0.4, 0.5) is 5.69 Å². The Kier molecular flexibility index (Phi) is 6.94. The molecule has 0 fully saturated rings. The zero-order valence-corrected chi connectivity index (χ0v) is 26.1. The molecule has 224 valence electrons. The van der Waals surface area contributed by atoms with Gasteiger partial charge in [-0.05, 0) is 47.1 Å². The largest absolute Gasteiger partial charge is 0.430 e. The van der Waals surface area contributed by atoms with Gasteiger partial charge in [0.25, 0.3) is 0 Å². The van der Waals surface area contributed by atoms with Crippen LogP contribution < -0.4 is 10.3 Å². The average Bonchev–Trinajstić information content (AvgIpc) is 3.18. The number of nitrogens with zero attached hydrogens (tertiary/aromatic N) is 5. The topological polar surface area (TPSA) is 45.2 Å². The third kappa shape index (κ3) is 4.88. The normalized spacial score (nSPS) is 14.4. The van der Waals surface area contributed by atoms with Crippen LogP contribution in [0.2, 0.25) is 0 Å². The lowest BCUT2D eigenvalue weighted by molar-refractivity contribution is 0.908. The molecule has 0 bridgehead atoms. The van der Waals surface area contributed by atoms with E-state index in [-0.39, 0.29) is 13.8 Å². The Morgan fingerprint density at radius 3 is 1.77 bits per heavy atom. The Labute approximate surface area is 281 Å². The van der Waals surface area contributed by atoms with Crippen molar-refractivity contribution in [3.8, 4) is 45.3 Å². The summed E-state index contributed by atoms with van der Waals surface area (Å²) < 4.78 is 2.54. The summed E-state index contributed by atoms with van der Waals surface area (Å²) in [6.07, 6.45) is 10.9. The van der Waals surface area contributed by atoms with E-state index in [1.807, 2.05) is 60.7 Å². The summed E-state index contributed by atoms with van der Waals surface area (Å²) in [7, 11) is 0. The summed E-state index contributed by atoms with van der Waals surface area (Å²) in [5.74, 6) is 6.53. The van der Waals surface area contributed by atoms with E-state index in [4.69, 9.17) is 15.0 Å². The second-order valence-corrected chi connectivity index (χ2v) is 12.1.